The number of para-hydroxylation sites is 4. The molecular formula is C48H32N2O2. The van der Waals surface area contributed by atoms with Crippen LogP contribution in [0.15, 0.2) is 194 Å². The largest absolute Gasteiger partial charge is 0.449 e. The number of nitrogens with zero attached hydrogens (tertiary/aromatic N) is 2. The van der Waals surface area contributed by atoms with Crippen molar-refractivity contribution in [2.24, 2.45) is 0 Å². The second-order valence-corrected chi connectivity index (χ2v) is 13.0. The molecule has 0 saturated carbocycles. The molecule has 246 valence electrons. The Balaban J connectivity index is 1.27. The van der Waals surface area contributed by atoms with Crippen LogP contribution in [0.2, 0.25) is 0 Å². The summed E-state index contributed by atoms with van der Waals surface area (Å²) in [5, 5.41) is 2.06. The van der Waals surface area contributed by atoms with Crippen molar-refractivity contribution in [3.8, 4) is 50.9 Å². The average molecular weight is 669 g/mol. The molecule has 1 aromatic heterocycles. The molecule has 0 bridgehead atoms. The molecule has 0 aliphatic carbocycles. The summed E-state index contributed by atoms with van der Waals surface area (Å²) in [6.45, 7) is 0. The van der Waals surface area contributed by atoms with E-state index in [9.17, 15) is 0 Å². The van der Waals surface area contributed by atoms with Crippen LogP contribution in [0.25, 0.3) is 49.7 Å². The van der Waals surface area contributed by atoms with E-state index in [0.29, 0.717) is 23.0 Å². The van der Waals surface area contributed by atoms with Crippen molar-refractivity contribution < 1.29 is 9.47 Å². The maximum atomic E-state index is 6.75. The zero-order valence-electron chi connectivity index (χ0n) is 28.2. The third-order valence-electron chi connectivity index (χ3n) is 9.79. The number of ether oxygens (including phenoxy) is 2. The molecule has 52 heavy (non-hydrogen) atoms. The lowest BCUT2D eigenvalue weighted by atomic mass is 9.98. The molecule has 0 unspecified atom stereocenters. The molecule has 1 aliphatic rings. The first kappa shape index (κ1) is 29.8. The molecule has 0 atom stereocenters. The Labute approximate surface area is 302 Å². The molecule has 2 heterocycles. The first-order valence-corrected chi connectivity index (χ1v) is 17.5. The normalized spacial score (nSPS) is 11.8. The Morgan fingerprint density at radius 2 is 0.885 bits per heavy atom. The number of hydrogen-bond donors (Lipinski definition) is 0. The predicted molar refractivity (Wildman–Crippen MR) is 213 cm³/mol. The van der Waals surface area contributed by atoms with Gasteiger partial charge in [0.1, 0.15) is 0 Å². The van der Waals surface area contributed by atoms with Crippen molar-refractivity contribution >= 4 is 38.9 Å². The summed E-state index contributed by atoms with van der Waals surface area (Å²) in [4.78, 5) is 2.30. The van der Waals surface area contributed by atoms with E-state index in [0.717, 1.165) is 66.8 Å². The minimum atomic E-state index is 0.696. The first-order valence-electron chi connectivity index (χ1n) is 17.5. The second kappa shape index (κ2) is 12.4. The predicted octanol–water partition coefficient (Wildman–Crippen LogP) is 13.5. The molecule has 0 saturated heterocycles. The maximum absolute atomic E-state index is 6.75. The molecule has 0 amide bonds. The van der Waals surface area contributed by atoms with Crippen LogP contribution in [0.5, 0.6) is 23.0 Å². The first-order chi connectivity index (χ1) is 25.8. The van der Waals surface area contributed by atoms with Crippen molar-refractivity contribution in [3.05, 3.63) is 194 Å². The molecule has 9 aromatic rings. The van der Waals surface area contributed by atoms with Gasteiger partial charge in [-0.15, -0.1) is 0 Å². The lowest BCUT2D eigenvalue weighted by Gasteiger charge is -2.25. The summed E-state index contributed by atoms with van der Waals surface area (Å²) in [5.41, 5.74) is 11.0. The quantitative estimate of drug-likeness (QED) is 0.176. The van der Waals surface area contributed by atoms with Crippen LogP contribution in [-0.4, -0.2) is 4.57 Å². The summed E-state index contributed by atoms with van der Waals surface area (Å²) in [7, 11) is 0. The number of fused-ring (bicyclic) bond motifs is 6. The highest BCUT2D eigenvalue weighted by atomic mass is 16.6. The highest BCUT2D eigenvalue weighted by molar-refractivity contribution is 6.14. The van der Waals surface area contributed by atoms with Crippen molar-refractivity contribution in [1.29, 1.82) is 0 Å². The van der Waals surface area contributed by atoms with Gasteiger partial charge in [-0.3, -0.25) is 0 Å². The van der Waals surface area contributed by atoms with Crippen LogP contribution in [0.4, 0.5) is 17.1 Å². The topological polar surface area (TPSA) is 26.6 Å². The fraction of sp³-hybridized carbons (Fsp3) is 0. The number of anilines is 3. The van der Waals surface area contributed by atoms with E-state index in [1.807, 2.05) is 30.3 Å². The fourth-order valence-corrected chi connectivity index (χ4v) is 7.43. The molecule has 0 spiro atoms. The maximum Gasteiger partial charge on any atom is 0.180 e. The van der Waals surface area contributed by atoms with Crippen LogP contribution < -0.4 is 14.4 Å². The molecule has 4 heteroatoms. The SMILES string of the molecule is c1ccc(-c2cc(-c3ccccc3)cc(-n3c4ccc(N(c5ccccc5)c5ccccc5)cc4c4c5c(ccc43)Oc3ccccc3O5)c2)cc1. The fourth-order valence-electron chi connectivity index (χ4n) is 7.43. The van der Waals surface area contributed by atoms with E-state index in [1.54, 1.807) is 0 Å². The van der Waals surface area contributed by atoms with Gasteiger partial charge in [-0.2, -0.15) is 0 Å². The standard InChI is InChI=1S/C48H32N2O2/c1-5-15-33(16-6-1)35-29-36(34-17-7-2-8-18-34)31-40(30-35)50-42-26-25-39(49(37-19-9-3-10-20-37)38-21-11-4-12-22-38)32-41(42)47-43(50)27-28-46-48(47)52-45-24-14-13-23-44(45)51-46/h1-32H. The molecule has 10 rings (SSSR count). The summed E-state index contributed by atoms with van der Waals surface area (Å²) in [6.07, 6.45) is 0. The zero-order valence-corrected chi connectivity index (χ0v) is 28.2. The molecule has 4 nitrogen and oxygen atoms in total. The summed E-state index contributed by atoms with van der Waals surface area (Å²) < 4.78 is 15.6. The van der Waals surface area contributed by atoms with Gasteiger partial charge in [-0.25, -0.2) is 0 Å². The summed E-state index contributed by atoms with van der Waals surface area (Å²) >= 11 is 0. The second-order valence-electron chi connectivity index (χ2n) is 13.0. The molecule has 1 aliphatic heterocycles. The molecule has 0 N–H and O–H groups in total. The van der Waals surface area contributed by atoms with Crippen LogP contribution in [-0.2, 0) is 0 Å². The monoisotopic (exact) mass is 668 g/mol. The van der Waals surface area contributed by atoms with Crippen molar-refractivity contribution in [1.82, 2.24) is 4.57 Å². The van der Waals surface area contributed by atoms with Gasteiger partial charge in [-0.1, -0.05) is 109 Å². The summed E-state index contributed by atoms with van der Waals surface area (Å²) in [5.74, 6) is 2.82. The minimum absolute atomic E-state index is 0.696. The Morgan fingerprint density at radius 1 is 0.365 bits per heavy atom. The van der Waals surface area contributed by atoms with Gasteiger partial charge in [0.2, 0.25) is 0 Å². The van der Waals surface area contributed by atoms with Gasteiger partial charge >= 0.3 is 0 Å². The Morgan fingerprint density at radius 3 is 1.48 bits per heavy atom. The molecule has 0 radical (unpaired) electrons. The third kappa shape index (κ3) is 5.09. The molecular weight excluding hydrogens is 637 g/mol. The molecule has 0 fully saturated rings. The summed E-state index contributed by atoms with van der Waals surface area (Å²) in [6, 6.07) is 67.9. The minimum Gasteiger partial charge on any atom is -0.449 e. The highest BCUT2D eigenvalue weighted by Gasteiger charge is 2.26. The zero-order chi connectivity index (χ0) is 34.4. The van der Waals surface area contributed by atoms with Gasteiger partial charge in [0.05, 0.1) is 16.4 Å². The van der Waals surface area contributed by atoms with Crippen LogP contribution in [0.3, 0.4) is 0 Å². The van der Waals surface area contributed by atoms with Gasteiger partial charge < -0.3 is 18.9 Å². The van der Waals surface area contributed by atoms with E-state index >= 15 is 0 Å². The Kier molecular flexibility index (Phi) is 7.10. The molecule has 8 aromatic carbocycles. The number of aromatic nitrogens is 1. The number of benzene rings is 8. The van der Waals surface area contributed by atoms with Crippen molar-refractivity contribution in [2.45, 2.75) is 0 Å². The Bertz CT molecular complexity index is 2630. The van der Waals surface area contributed by atoms with E-state index in [2.05, 4.69) is 173 Å². The van der Waals surface area contributed by atoms with E-state index in [1.165, 1.54) is 0 Å². The number of rotatable bonds is 6. The third-order valence-corrected chi connectivity index (χ3v) is 9.79. The number of hydrogen-bond acceptors (Lipinski definition) is 3. The van der Waals surface area contributed by atoms with E-state index < -0.39 is 0 Å². The van der Waals surface area contributed by atoms with Crippen LogP contribution >= 0.6 is 0 Å². The lowest BCUT2D eigenvalue weighted by molar-refractivity contribution is 0.363. The van der Waals surface area contributed by atoms with E-state index in [-0.39, 0.29) is 0 Å². The Hall–Kier alpha value is -7.04. The smallest absolute Gasteiger partial charge is 0.180 e. The lowest BCUT2D eigenvalue weighted by Crippen LogP contribution is -2.09. The average Bonchev–Trinajstić information content (AvgIpc) is 3.56. The van der Waals surface area contributed by atoms with E-state index in [4.69, 9.17) is 9.47 Å². The van der Waals surface area contributed by atoms with Gasteiger partial charge in [0, 0.05) is 28.1 Å². The van der Waals surface area contributed by atoms with Crippen LogP contribution in [0.1, 0.15) is 0 Å². The van der Waals surface area contributed by atoms with Gasteiger partial charge in [0.15, 0.2) is 23.0 Å². The van der Waals surface area contributed by atoms with Crippen molar-refractivity contribution in [3.63, 3.8) is 0 Å². The van der Waals surface area contributed by atoms with Gasteiger partial charge in [-0.05, 0) is 107 Å². The van der Waals surface area contributed by atoms with Crippen LogP contribution in [0, 0.1) is 0 Å². The van der Waals surface area contributed by atoms with Crippen molar-refractivity contribution in [2.75, 3.05) is 4.90 Å². The highest BCUT2D eigenvalue weighted by Crippen LogP contribution is 2.52. The van der Waals surface area contributed by atoms with Gasteiger partial charge in [0.25, 0.3) is 0 Å².